The van der Waals surface area contributed by atoms with Crippen LogP contribution in [0.1, 0.15) is 33.1 Å². The van der Waals surface area contributed by atoms with Gasteiger partial charge in [0.05, 0.1) is 31.7 Å². The lowest BCUT2D eigenvalue weighted by Crippen LogP contribution is -2.63. The van der Waals surface area contributed by atoms with Crippen molar-refractivity contribution in [2.45, 2.75) is 63.1 Å². The van der Waals surface area contributed by atoms with Gasteiger partial charge in [0.1, 0.15) is 31.3 Å². The Labute approximate surface area is 233 Å². The van der Waals surface area contributed by atoms with Gasteiger partial charge in [0.25, 0.3) is 0 Å². The number of likely N-dealkylation sites (tertiary alicyclic amines) is 1. The lowest BCUT2D eigenvalue weighted by molar-refractivity contribution is -0.671. The molecule has 0 spiro atoms. The number of aryl methyl sites for hydroxylation is 2. The number of aromatic nitrogens is 2. The predicted octanol–water partition coefficient (Wildman–Crippen LogP) is 2.39. The molecule has 39 heavy (non-hydrogen) atoms. The number of ether oxygens (including phenoxy) is 2. The Morgan fingerprint density at radius 1 is 1.28 bits per heavy atom. The van der Waals surface area contributed by atoms with E-state index in [1.165, 1.54) is 22.7 Å². The van der Waals surface area contributed by atoms with E-state index in [4.69, 9.17) is 9.47 Å². The number of carbonyl (C=O) groups excluding carboxylic acids is 3. The molecular formula is C28H39N4O6S+. The monoisotopic (exact) mass is 559 g/mol. The average Bonchev–Trinajstić information content (AvgIpc) is 3.56. The number of hydrogen-bond acceptors (Lipinski definition) is 7. The van der Waals surface area contributed by atoms with Crippen LogP contribution >= 0.6 is 11.8 Å². The van der Waals surface area contributed by atoms with E-state index in [-0.39, 0.29) is 54.2 Å². The van der Waals surface area contributed by atoms with Gasteiger partial charge in [0, 0.05) is 28.7 Å². The fourth-order valence-corrected chi connectivity index (χ4v) is 7.42. The van der Waals surface area contributed by atoms with Gasteiger partial charge in [-0.2, -0.15) is 0 Å². The summed E-state index contributed by atoms with van der Waals surface area (Å²) in [6.45, 7) is 12.3. The van der Waals surface area contributed by atoms with Gasteiger partial charge < -0.3 is 24.4 Å². The highest BCUT2D eigenvalue weighted by molar-refractivity contribution is 8.03. The number of aliphatic hydroxyl groups excluding tert-OH is 1. The molecule has 0 unspecified atom stereocenters. The summed E-state index contributed by atoms with van der Waals surface area (Å²) in [6, 6.07) is -0.304. The van der Waals surface area contributed by atoms with E-state index in [0.29, 0.717) is 6.54 Å². The van der Waals surface area contributed by atoms with Crippen LogP contribution in [0.15, 0.2) is 54.6 Å². The number of thioether (sulfide) groups is 1. The lowest BCUT2D eigenvalue weighted by Gasteiger charge is -2.46. The quantitative estimate of drug-likeness (QED) is 0.181. The summed E-state index contributed by atoms with van der Waals surface area (Å²) in [6.07, 6.45) is 10.3. The van der Waals surface area contributed by atoms with Gasteiger partial charge in [-0.15, -0.1) is 11.8 Å². The molecule has 2 amide bonds. The van der Waals surface area contributed by atoms with Crippen LogP contribution < -0.4 is 4.57 Å². The minimum absolute atomic E-state index is 0.00844. The van der Waals surface area contributed by atoms with Gasteiger partial charge in [0.15, 0.2) is 0 Å². The van der Waals surface area contributed by atoms with Gasteiger partial charge in [-0.1, -0.05) is 32.2 Å². The van der Waals surface area contributed by atoms with Gasteiger partial charge >= 0.3 is 12.1 Å². The topological polar surface area (TPSA) is 105 Å². The van der Waals surface area contributed by atoms with Crippen molar-refractivity contribution < 1.29 is 33.5 Å². The van der Waals surface area contributed by atoms with Crippen LogP contribution in [0.4, 0.5) is 4.79 Å². The average molecular weight is 560 g/mol. The summed E-state index contributed by atoms with van der Waals surface area (Å²) in [5, 5.41) is 10.2. The smallest absolute Gasteiger partial charge is 0.410 e. The zero-order chi connectivity index (χ0) is 28.3. The van der Waals surface area contributed by atoms with Gasteiger partial charge in [-0.25, -0.2) is 18.7 Å². The predicted molar refractivity (Wildman–Crippen MR) is 146 cm³/mol. The summed E-state index contributed by atoms with van der Waals surface area (Å²) in [5.74, 6) is -1.54. The largest absolute Gasteiger partial charge is 0.457 e. The van der Waals surface area contributed by atoms with E-state index < -0.39 is 18.0 Å². The molecule has 1 aromatic heterocycles. The van der Waals surface area contributed by atoms with Crippen molar-refractivity contribution in [3.8, 4) is 0 Å². The maximum Gasteiger partial charge on any atom is 0.410 e. The number of aliphatic hydroxyl groups is 1. The molecule has 11 heteroatoms. The summed E-state index contributed by atoms with van der Waals surface area (Å²) in [4.78, 5) is 43.0. The molecule has 4 heterocycles. The number of fused-ring (bicyclic) bond motifs is 1. The summed E-state index contributed by atoms with van der Waals surface area (Å²) in [5.41, 5.74) is 0.256. The van der Waals surface area contributed by atoms with Crippen LogP contribution in [0.5, 0.6) is 0 Å². The third-order valence-corrected chi connectivity index (χ3v) is 9.13. The Morgan fingerprint density at radius 3 is 2.64 bits per heavy atom. The van der Waals surface area contributed by atoms with E-state index in [9.17, 15) is 19.5 Å². The molecule has 1 aromatic rings. The van der Waals surface area contributed by atoms with Gasteiger partial charge in [-0.05, 0) is 26.2 Å². The van der Waals surface area contributed by atoms with Crippen molar-refractivity contribution in [3.05, 3.63) is 54.6 Å². The number of hydrogen-bond donors (Lipinski definition) is 1. The number of nitrogens with zero attached hydrogens (tertiary/aromatic N) is 4. The number of β-lactam (4-membered cyclic amide) rings is 1. The van der Waals surface area contributed by atoms with E-state index in [1.807, 2.05) is 37.3 Å². The van der Waals surface area contributed by atoms with Crippen LogP contribution in [0, 0.1) is 11.8 Å². The highest BCUT2D eigenvalue weighted by Gasteiger charge is 2.60. The summed E-state index contributed by atoms with van der Waals surface area (Å²) in [7, 11) is 1.98. The van der Waals surface area contributed by atoms with Crippen molar-refractivity contribution >= 4 is 29.7 Å². The van der Waals surface area contributed by atoms with Crippen molar-refractivity contribution in [2.75, 3.05) is 19.8 Å². The second-order valence-corrected chi connectivity index (χ2v) is 11.8. The van der Waals surface area contributed by atoms with E-state index in [2.05, 4.69) is 17.7 Å². The molecule has 0 aromatic carbocycles. The maximum absolute atomic E-state index is 13.1. The molecule has 4 rings (SSSR count). The Kier molecular flexibility index (Phi) is 9.22. The Bertz CT molecular complexity index is 1150. The molecule has 0 saturated carbocycles. The molecule has 0 aliphatic carbocycles. The van der Waals surface area contributed by atoms with Crippen molar-refractivity contribution in [2.24, 2.45) is 18.9 Å². The van der Waals surface area contributed by atoms with Crippen molar-refractivity contribution in [1.82, 2.24) is 14.4 Å². The number of rotatable bonds is 12. The molecule has 2 saturated heterocycles. The first-order valence-corrected chi connectivity index (χ1v) is 14.3. The lowest BCUT2D eigenvalue weighted by atomic mass is 9.79. The Balaban J connectivity index is 1.52. The molecule has 0 radical (unpaired) electrons. The minimum atomic E-state index is -0.815. The van der Waals surface area contributed by atoms with E-state index in [1.54, 1.807) is 17.9 Å². The minimum Gasteiger partial charge on any atom is -0.457 e. The summed E-state index contributed by atoms with van der Waals surface area (Å²) < 4.78 is 14.9. The number of imidazole rings is 1. The summed E-state index contributed by atoms with van der Waals surface area (Å²) >= 11 is 1.54. The SMILES string of the molecule is C=CCOC(=O)C1=C(S[C@H]2C[C@@H](CCCn3cc[n+](C)c3)N(C(=O)OCC=C)C2)[C@H](C)[C@@H]2[C@@H]([C@@H](C)O)C(=O)N12. The second kappa shape index (κ2) is 12.4. The third-order valence-electron chi connectivity index (χ3n) is 7.64. The first-order valence-electron chi connectivity index (χ1n) is 13.4. The fourth-order valence-electron chi connectivity index (χ4n) is 5.86. The third kappa shape index (κ3) is 5.94. The highest BCUT2D eigenvalue weighted by atomic mass is 32.2. The molecule has 212 valence electrons. The Morgan fingerprint density at radius 2 is 2.00 bits per heavy atom. The van der Waals surface area contributed by atoms with Crippen LogP contribution in [0.25, 0.3) is 0 Å². The van der Waals surface area contributed by atoms with Crippen LogP contribution in [-0.2, 0) is 32.7 Å². The molecule has 0 bridgehead atoms. The zero-order valence-electron chi connectivity index (χ0n) is 22.9. The number of amides is 2. The van der Waals surface area contributed by atoms with Crippen molar-refractivity contribution in [3.63, 3.8) is 0 Å². The first-order chi connectivity index (χ1) is 18.7. The van der Waals surface area contributed by atoms with E-state index in [0.717, 1.165) is 30.7 Å². The normalized spacial score (nSPS) is 26.8. The molecule has 1 N–H and O–H groups in total. The van der Waals surface area contributed by atoms with Crippen LogP contribution in [-0.4, -0.2) is 80.6 Å². The first kappa shape index (κ1) is 28.9. The Hall–Kier alpha value is -3.05. The fraction of sp³-hybridized carbons (Fsp3) is 0.571. The highest BCUT2D eigenvalue weighted by Crippen LogP contribution is 2.52. The molecule has 10 nitrogen and oxygen atoms in total. The molecule has 3 aliphatic heterocycles. The van der Waals surface area contributed by atoms with Crippen LogP contribution in [0.2, 0.25) is 0 Å². The van der Waals surface area contributed by atoms with Gasteiger partial charge in [-0.3, -0.25) is 4.79 Å². The second-order valence-electron chi connectivity index (χ2n) is 10.5. The van der Waals surface area contributed by atoms with Crippen molar-refractivity contribution in [1.29, 1.82) is 0 Å². The molecule has 6 atom stereocenters. The van der Waals surface area contributed by atoms with E-state index >= 15 is 0 Å². The zero-order valence-corrected chi connectivity index (χ0v) is 23.7. The standard InChI is InChI=1S/C28H39N4O6S/c1-6-13-37-27(35)24-25(18(3)23-22(19(4)33)26(34)32(23)24)39-21-15-20(31(16-21)28(36)38-14-7-2)9-8-10-30-12-11-29(5)17-30/h6-7,11-12,17-23,33H,1-2,8-10,13-16H2,3-5H3/q+1/t18-,19-,20-,21+,22-,23-/m1/s1. The molecular weight excluding hydrogens is 520 g/mol. The maximum atomic E-state index is 13.1. The number of esters is 1. The number of carbonyl (C=O) groups is 3. The molecule has 3 aliphatic rings. The van der Waals surface area contributed by atoms with Crippen LogP contribution in [0.3, 0.4) is 0 Å². The molecule has 2 fully saturated rings. The van der Waals surface area contributed by atoms with Gasteiger partial charge in [0.2, 0.25) is 12.2 Å².